The first-order valence-electron chi connectivity index (χ1n) is 11.5. The Morgan fingerprint density at radius 3 is 2.32 bits per heavy atom. The fourth-order valence-electron chi connectivity index (χ4n) is 3.49. The lowest BCUT2D eigenvalue weighted by molar-refractivity contribution is -0.385. The maximum atomic E-state index is 12.3. The first-order chi connectivity index (χ1) is 18.4. The Kier molecular flexibility index (Phi) is 8.57. The van der Waals surface area contributed by atoms with Crippen LogP contribution in [0.2, 0.25) is 0 Å². The summed E-state index contributed by atoms with van der Waals surface area (Å²) in [5, 5.41) is 28.4. The minimum Gasteiger partial charge on any atom is -0.384 e. The Bertz CT molecular complexity index is 1460. The maximum absolute atomic E-state index is 12.3. The number of nitro benzene ring substituents is 2. The van der Waals surface area contributed by atoms with Crippen LogP contribution in [-0.2, 0) is 11.2 Å². The third kappa shape index (κ3) is 7.58. The van der Waals surface area contributed by atoms with Gasteiger partial charge in [0.15, 0.2) is 0 Å². The Morgan fingerprint density at radius 2 is 1.58 bits per heavy atom. The third-order valence-electron chi connectivity index (χ3n) is 5.26. The number of amides is 1. The van der Waals surface area contributed by atoms with E-state index >= 15 is 0 Å². The lowest BCUT2D eigenvalue weighted by Gasteiger charge is -2.08. The fraction of sp³-hybridized carbons (Fsp3) is 0.115. The van der Waals surface area contributed by atoms with Gasteiger partial charge < -0.3 is 10.6 Å². The van der Waals surface area contributed by atoms with Crippen molar-refractivity contribution in [2.45, 2.75) is 22.8 Å². The minimum atomic E-state index is -0.468. The molecule has 0 bridgehead atoms. The van der Waals surface area contributed by atoms with Gasteiger partial charge in [-0.1, -0.05) is 30.0 Å². The van der Waals surface area contributed by atoms with Gasteiger partial charge in [0.2, 0.25) is 5.91 Å². The molecule has 0 saturated heterocycles. The van der Waals surface area contributed by atoms with Crippen LogP contribution in [-0.4, -0.2) is 32.3 Å². The van der Waals surface area contributed by atoms with E-state index in [0.29, 0.717) is 30.2 Å². The lowest BCUT2D eigenvalue weighted by atomic mass is 10.1. The maximum Gasteiger partial charge on any atom is 0.271 e. The van der Waals surface area contributed by atoms with Gasteiger partial charge in [-0.15, -0.1) is 0 Å². The molecule has 192 valence electrons. The van der Waals surface area contributed by atoms with Crippen molar-refractivity contribution in [3.63, 3.8) is 0 Å². The molecule has 1 amide bonds. The molecule has 4 aromatic rings. The topological polar surface area (TPSA) is 153 Å². The molecule has 0 aliphatic rings. The zero-order valence-corrected chi connectivity index (χ0v) is 20.8. The number of nitrogens with one attached hydrogen (secondary N) is 2. The number of rotatable bonds is 11. The van der Waals surface area contributed by atoms with Gasteiger partial charge in [-0.3, -0.25) is 25.0 Å². The quantitative estimate of drug-likeness (QED) is 0.146. The van der Waals surface area contributed by atoms with E-state index in [4.69, 9.17) is 0 Å². The van der Waals surface area contributed by atoms with Crippen LogP contribution in [0.3, 0.4) is 0 Å². The number of anilines is 2. The highest BCUT2D eigenvalue weighted by Gasteiger charge is 2.09. The van der Waals surface area contributed by atoms with Crippen molar-refractivity contribution in [2.75, 3.05) is 17.2 Å². The molecule has 1 heterocycles. The number of benzene rings is 3. The Labute approximate surface area is 221 Å². The number of carbonyl (C=O) groups excluding carboxylic acids is 1. The molecule has 0 atom stereocenters. The Morgan fingerprint density at radius 1 is 0.868 bits per heavy atom. The fourth-order valence-corrected chi connectivity index (χ4v) is 4.28. The van der Waals surface area contributed by atoms with E-state index in [9.17, 15) is 25.0 Å². The molecule has 4 rings (SSSR count). The molecule has 11 nitrogen and oxygen atoms in total. The van der Waals surface area contributed by atoms with Crippen molar-refractivity contribution in [3.8, 4) is 0 Å². The average molecular weight is 531 g/mol. The summed E-state index contributed by atoms with van der Waals surface area (Å²) < 4.78 is 0. The van der Waals surface area contributed by atoms with Crippen LogP contribution < -0.4 is 10.6 Å². The number of aromatic nitrogens is 2. The summed E-state index contributed by atoms with van der Waals surface area (Å²) in [6.07, 6.45) is 2.21. The highest BCUT2D eigenvalue weighted by atomic mass is 32.2. The highest BCUT2D eigenvalue weighted by molar-refractivity contribution is 7.99. The summed E-state index contributed by atoms with van der Waals surface area (Å²) in [7, 11) is 0. The summed E-state index contributed by atoms with van der Waals surface area (Å²) >= 11 is 1.43. The number of carbonyl (C=O) groups is 1. The van der Waals surface area contributed by atoms with Crippen LogP contribution in [0, 0.1) is 20.2 Å². The molecule has 38 heavy (non-hydrogen) atoms. The molecule has 0 radical (unpaired) electrons. The lowest BCUT2D eigenvalue weighted by Crippen LogP contribution is -2.16. The summed E-state index contributed by atoms with van der Waals surface area (Å²) in [5.41, 5.74) is 1.98. The largest absolute Gasteiger partial charge is 0.384 e. The highest BCUT2D eigenvalue weighted by Crippen LogP contribution is 2.27. The van der Waals surface area contributed by atoms with E-state index in [1.165, 1.54) is 36.0 Å². The number of non-ortho nitro benzene ring substituents is 2. The summed E-state index contributed by atoms with van der Waals surface area (Å²) in [4.78, 5) is 43.0. The average Bonchev–Trinajstić information content (AvgIpc) is 2.90. The van der Waals surface area contributed by atoms with Gasteiger partial charge in [0.1, 0.15) is 10.9 Å². The van der Waals surface area contributed by atoms with Crippen molar-refractivity contribution in [3.05, 3.63) is 117 Å². The molecule has 0 aliphatic carbocycles. The van der Waals surface area contributed by atoms with E-state index in [-0.39, 0.29) is 23.7 Å². The molecule has 1 aromatic heterocycles. The molecular weight excluding hydrogens is 508 g/mol. The van der Waals surface area contributed by atoms with Gasteiger partial charge in [0, 0.05) is 66.1 Å². The van der Waals surface area contributed by atoms with Crippen LogP contribution in [0.5, 0.6) is 0 Å². The van der Waals surface area contributed by atoms with Gasteiger partial charge in [-0.25, -0.2) is 9.97 Å². The van der Waals surface area contributed by atoms with Crippen molar-refractivity contribution >= 4 is 40.4 Å². The van der Waals surface area contributed by atoms with Gasteiger partial charge in [0.05, 0.1) is 9.85 Å². The summed E-state index contributed by atoms with van der Waals surface area (Å²) in [6, 6.07) is 21.6. The van der Waals surface area contributed by atoms with E-state index < -0.39 is 9.85 Å². The molecule has 0 fully saturated rings. The van der Waals surface area contributed by atoms with Crippen LogP contribution in [0.1, 0.15) is 17.8 Å². The SMILES string of the molecule is O=C(CCNc1cccc([N+](=O)[O-])c1)Nc1ccc(Sc2ccnc(Cc3cccc([N+](=O)[O-])c3)n2)cc1. The minimum absolute atomic E-state index is 0.0157. The number of hydrogen-bond acceptors (Lipinski definition) is 9. The second kappa shape index (κ2) is 12.4. The van der Waals surface area contributed by atoms with Gasteiger partial charge >= 0.3 is 0 Å². The molecule has 0 unspecified atom stereocenters. The van der Waals surface area contributed by atoms with Crippen molar-refractivity contribution in [2.24, 2.45) is 0 Å². The number of hydrogen-bond donors (Lipinski definition) is 2. The van der Waals surface area contributed by atoms with Crippen molar-refractivity contribution in [1.82, 2.24) is 9.97 Å². The van der Waals surface area contributed by atoms with E-state index in [2.05, 4.69) is 20.6 Å². The Balaban J connectivity index is 1.28. The summed E-state index contributed by atoms with van der Waals surface area (Å²) in [5.74, 6) is 0.364. The molecule has 3 aromatic carbocycles. The molecule has 0 spiro atoms. The van der Waals surface area contributed by atoms with Crippen LogP contribution in [0.15, 0.2) is 95.0 Å². The first kappa shape index (κ1) is 26.2. The van der Waals surface area contributed by atoms with E-state index in [1.54, 1.807) is 48.7 Å². The molecule has 2 N–H and O–H groups in total. The molecule has 12 heteroatoms. The molecular formula is C26H22N6O5S. The van der Waals surface area contributed by atoms with Gasteiger partial charge in [0.25, 0.3) is 11.4 Å². The standard InChI is InChI=1S/C26H22N6O5S/c33-25(11-13-27-20-4-2-6-22(17-20)32(36)37)29-19-7-9-23(10-8-19)38-26-12-14-28-24(30-26)16-18-3-1-5-21(15-18)31(34)35/h1-10,12,14-15,17,27H,11,13,16H2,(H,29,33). The second-order valence-corrected chi connectivity index (χ2v) is 9.17. The molecule has 0 saturated carbocycles. The van der Waals surface area contributed by atoms with Gasteiger partial charge in [-0.05, 0) is 42.0 Å². The zero-order valence-electron chi connectivity index (χ0n) is 19.9. The Hall–Kier alpha value is -4.84. The van der Waals surface area contributed by atoms with Crippen molar-refractivity contribution in [1.29, 1.82) is 0 Å². The van der Waals surface area contributed by atoms with Crippen LogP contribution in [0.4, 0.5) is 22.7 Å². The van der Waals surface area contributed by atoms with Crippen LogP contribution in [0.25, 0.3) is 0 Å². The number of nitrogens with zero attached hydrogens (tertiary/aromatic N) is 4. The third-order valence-corrected chi connectivity index (χ3v) is 6.21. The zero-order chi connectivity index (χ0) is 26.9. The smallest absolute Gasteiger partial charge is 0.271 e. The molecule has 0 aliphatic heterocycles. The normalized spacial score (nSPS) is 10.5. The second-order valence-electron chi connectivity index (χ2n) is 8.07. The number of nitro groups is 2. The van der Waals surface area contributed by atoms with Crippen molar-refractivity contribution < 1.29 is 14.6 Å². The summed E-state index contributed by atoms with van der Waals surface area (Å²) in [6.45, 7) is 0.327. The van der Waals surface area contributed by atoms with Gasteiger partial charge in [-0.2, -0.15) is 0 Å². The van der Waals surface area contributed by atoms with Crippen LogP contribution >= 0.6 is 11.8 Å². The van der Waals surface area contributed by atoms with E-state index in [0.717, 1.165) is 15.5 Å². The predicted molar refractivity (Wildman–Crippen MR) is 143 cm³/mol. The van der Waals surface area contributed by atoms with E-state index in [1.807, 2.05) is 12.1 Å². The first-order valence-corrected chi connectivity index (χ1v) is 12.3. The monoisotopic (exact) mass is 530 g/mol. The predicted octanol–water partition coefficient (Wildman–Crippen LogP) is 5.48.